The third-order valence-corrected chi connectivity index (χ3v) is 12.1. The fourth-order valence-corrected chi connectivity index (χ4v) is 9.61. The Kier molecular flexibility index (Phi) is 23.5. The van der Waals surface area contributed by atoms with Crippen molar-refractivity contribution < 1.29 is 194 Å². The summed E-state index contributed by atoms with van der Waals surface area (Å²) in [5.41, 5.74) is -0.942. The van der Waals surface area contributed by atoms with Crippen LogP contribution in [0.25, 0.3) is 0 Å². The minimum Gasteiger partial charge on any atom is -0.870 e. The number of hydrogen-bond donors (Lipinski definition) is 2. The number of carboxylic acids is 1. The molecule has 8 fully saturated rings. The minimum absolute atomic E-state index is 0. The van der Waals surface area contributed by atoms with Crippen LogP contribution in [0.5, 0.6) is 0 Å². The molecule has 8 aliphatic carbocycles. The van der Waals surface area contributed by atoms with Gasteiger partial charge in [-0.3, -0.25) is 5.04 Å². The Morgan fingerprint density at radius 2 is 1.05 bits per heavy atom. The maximum atomic E-state index is 13.4. The van der Waals surface area contributed by atoms with E-state index in [-0.39, 0.29) is 99.7 Å². The summed E-state index contributed by atoms with van der Waals surface area (Å²) in [4.78, 5) is 30.9. The van der Waals surface area contributed by atoms with E-state index < -0.39 is 71.7 Å². The molecule has 0 aliphatic heterocycles. The first-order chi connectivity index (χ1) is 23.6. The molecule has 0 aromatic carbocycles. The predicted octanol–water partition coefficient (Wildman–Crippen LogP) is -5.99. The van der Waals surface area contributed by atoms with Crippen molar-refractivity contribution in [2.75, 3.05) is 7.11 Å². The van der Waals surface area contributed by atoms with Crippen molar-refractivity contribution in [1.29, 1.82) is 0 Å². The second-order valence-corrected chi connectivity index (χ2v) is 17.7. The largest absolute Gasteiger partial charge is 1.00 e. The summed E-state index contributed by atoms with van der Waals surface area (Å²) < 4.78 is 145. The molecular formula is C27H36F7Na3O16S3. The Morgan fingerprint density at radius 3 is 1.27 bits per heavy atom. The number of esters is 2. The van der Waals surface area contributed by atoms with Gasteiger partial charge >= 0.3 is 133 Å². The van der Waals surface area contributed by atoms with E-state index in [9.17, 15) is 76.4 Å². The normalized spacial score (nSPS) is 30.6. The summed E-state index contributed by atoms with van der Waals surface area (Å²) in [7, 11) is -11.8. The number of carboxylic acid groups (broad SMARTS) is 1. The van der Waals surface area contributed by atoms with Crippen LogP contribution < -0.4 is 93.9 Å². The molecule has 0 saturated heterocycles. The maximum absolute atomic E-state index is 13.4. The number of alkyl halides is 6. The van der Waals surface area contributed by atoms with Crippen LogP contribution in [0.3, 0.4) is 0 Å². The van der Waals surface area contributed by atoms with Gasteiger partial charge in [-0.1, -0.05) is 3.89 Å². The van der Waals surface area contributed by atoms with Crippen LogP contribution in [0, 0.1) is 35.5 Å². The number of aliphatic carboxylic acids is 1. The number of ether oxygens (including phenoxy) is 2. The third kappa shape index (κ3) is 15.1. The molecule has 29 heteroatoms. The van der Waals surface area contributed by atoms with Crippen molar-refractivity contribution in [2.45, 2.75) is 104 Å². The monoisotopic (exact) mass is 914 g/mol. The minimum atomic E-state index is -6.22. The Balaban J connectivity index is 0. The average Bonchev–Trinajstić information content (AvgIpc) is 2.97. The molecule has 0 radical (unpaired) electrons. The Morgan fingerprint density at radius 1 is 0.714 bits per heavy atom. The van der Waals surface area contributed by atoms with Gasteiger partial charge in [-0.05, 0) is 113 Å². The second-order valence-electron chi connectivity index (χ2n) is 14.1. The zero-order chi connectivity index (χ0) is 39.7. The van der Waals surface area contributed by atoms with E-state index in [2.05, 4.69) is 14.1 Å². The van der Waals surface area contributed by atoms with E-state index in [1.807, 2.05) is 0 Å². The molecule has 0 spiro atoms. The van der Waals surface area contributed by atoms with Gasteiger partial charge < -0.3 is 35.0 Å². The van der Waals surface area contributed by atoms with E-state index in [0.29, 0.717) is 44.1 Å². The van der Waals surface area contributed by atoms with Gasteiger partial charge in [0.2, 0.25) is 0 Å². The van der Waals surface area contributed by atoms with Crippen molar-refractivity contribution in [2.24, 2.45) is 35.5 Å². The summed E-state index contributed by atoms with van der Waals surface area (Å²) >= 11 is -0.627. The second kappa shape index (κ2) is 22.3. The Bertz CT molecular complexity index is 1490. The topological polar surface area (TPSA) is 273 Å². The van der Waals surface area contributed by atoms with Crippen molar-refractivity contribution in [3.63, 3.8) is 0 Å². The van der Waals surface area contributed by atoms with Gasteiger partial charge in [0.25, 0.3) is 0 Å². The van der Waals surface area contributed by atoms with Crippen molar-refractivity contribution >= 4 is 50.3 Å². The zero-order valence-corrected chi connectivity index (χ0v) is 38.9. The van der Waals surface area contributed by atoms with E-state index in [4.69, 9.17) is 9.84 Å². The van der Waals surface area contributed by atoms with E-state index in [0.717, 1.165) is 56.3 Å². The standard InChI is InChI=1S/C12H16F2O5S.C10H16O.C3H3F3O4S.C2H2F2O5S.3Na.H2O/c13-12(14,20-19-18-16)10(15)17-11-4-7-1-8(5-11)3-9(2-7)6-11;11-10-4-7-1-8(5-10)3-9(2-7)6-10;1-10-2(7)3(4,5)11(6,8)9;3-2(4,1(5)6)10(7,8)9;;;;/h7-9,16H,1-6H2;7-9,11H,1-6H2;1H3;(H,5,6)(H,7,8,9);;;;1H2/q;;;;3*+1;/p-3. The van der Waals surface area contributed by atoms with E-state index in [1.165, 1.54) is 19.3 Å². The van der Waals surface area contributed by atoms with Gasteiger partial charge in [-0.15, -0.1) is 0 Å². The van der Waals surface area contributed by atoms with Crippen molar-refractivity contribution in [1.82, 2.24) is 0 Å². The summed E-state index contributed by atoms with van der Waals surface area (Å²) in [6.07, 6.45) is 13.0. The number of carbonyl (C=O) groups is 3. The Hall–Kier alpha value is 0.930. The fourth-order valence-electron chi connectivity index (χ4n) is 8.89. The molecule has 0 aromatic rings. The van der Waals surface area contributed by atoms with Crippen LogP contribution in [-0.4, -0.2) is 89.1 Å². The van der Waals surface area contributed by atoms with Crippen LogP contribution in [0.4, 0.5) is 30.2 Å². The summed E-state index contributed by atoms with van der Waals surface area (Å²) in [5.74, 6) is -2.93. The van der Waals surface area contributed by atoms with Crippen LogP contribution in [-0.2, 0) is 53.6 Å². The SMILES string of the molecule is COC(=O)C(F)(F)S(=O)(=O)F.O=C(O)C(F)(F)S(=O)(=O)[O-].O=C(OC12CC3CC(CC(C3)C1)C2)C(F)(F)SOO[O-].OC12CC3CC(CC(C3)C1)C2.[Na+].[Na+].[Na+].[OH-]. The van der Waals surface area contributed by atoms with Gasteiger partial charge in [0.05, 0.1) is 12.7 Å². The van der Waals surface area contributed by atoms with Crippen LogP contribution in [0.1, 0.15) is 77.0 Å². The number of aliphatic hydroxyl groups is 1. The molecule has 0 amide bonds. The van der Waals surface area contributed by atoms with Crippen LogP contribution >= 0.6 is 12.0 Å². The molecule has 8 bridgehead atoms. The summed E-state index contributed by atoms with van der Waals surface area (Å²) in [5, 5.41) is 15.7. The molecule has 0 atom stereocenters. The molecule has 56 heavy (non-hydrogen) atoms. The van der Waals surface area contributed by atoms with Crippen LogP contribution in [0.2, 0.25) is 0 Å². The number of methoxy groups -OCH3 is 1. The predicted molar refractivity (Wildman–Crippen MR) is 156 cm³/mol. The van der Waals surface area contributed by atoms with Gasteiger partial charge in [0.1, 0.15) is 17.6 Å². The molecule has 310 valence electrons. The van der Waals surface area contributed by atoms with Gasteiger partial charge in [-0.2, -0.15) is 39.1 Å². The molecule has 16 nitrogen and oxygen atoms in total. The fraction of sp³-hybridized carbons (Fsp3) is 0.889. The summed E-state index contributed by atoms with van der Waals surface area (Å²) in [6.45, 7) is 0. The van der Waals surface area contributed by atoms with Gasteiger partial charge in [-0.25, -0.2) is 22.8 Å². The molecule has 8 aliphatic rings. The Labute approximate surface area is 387 Å². The first-order valence-corrected chi connectivity index (χ1v) is 19.1. The molecule has 0 unspecified atom stereocenters. The molecule has 8 saturated carbocycles. The van der Waals surface area contributed by atoms with Gasteiger partial charge in [0.15, 0.2) is 10.1 Å². The van der Waals surface area contributed by atoms with E-state index in [1.54, 1.807) is 0 Å². The first-order valence-electron chi connectivity index (χ1n) is 15.5. The zero-order valence-electron chi connectivity index (χ0n) is 30.5. The molecule has 0 heterocycles. The molecular weight excluding hydrogens is 878 g/mol. The molecule has 3 N–H and O–H groups in total. The number of carbonyl (C=O) groups excluding carboxylic acids is 2. The van der Waals surface area contributed by atoms with Gasteiger partial charge in [0, 0.05) is 0 Å². The quantitative estimate of drug-likeness (QED) is 0.0319. The maximum Gasteiger partial charge on any atom is 1.00 e. The average molecular weight is 915 g/mol. The summed E-state index contributed by atoms with van der Waals surface area (Å²) in [6, 6.07) is 0. The number of hydrogen-bond acceptors (Lipinski definition) is 16. The van der Waals surface area contributed by atoms with Crippen molar-refractivity contribution in [3.8, 4) is 0 Å². The van der Waals surface area contributed by atoms with Crippen LogP contribution in [0.15, 0.2) is 0 Å². The first kappa shape index (κ1) is 59.0. The number of halogens is 7. The third-order valence-electron chi connectivity index (χ3n) is 9.99. The molecule has 8 rings (SSSR count). The smallest absolute Gasteiger partial charge is 0.870 e. The van der Waals surface area contributed by atoms with Crippen molar-refractivity contribution in [3.05, 3.63) is 0 Å². The number of rotatable bonds is 9. The molecule has 0 aromatic heterocycles. The van der Waals surface area contributed by atoms with E-state index >= 15 is 0 Å².